The third kappa shape index (κ3) is 5.32. The van der Waals surface area contributed by atoms with E-state index in [1.54, 1.807) is 4.90 Å². The highest BCUT2D eigenvalue weighted by Crippen LogP contribution is 2.19. The molecular formula is C12H15BrClF2N. The van der Waals surface area contributed by atoms with Crippen molar-refractivity contribution in [3.8, 4) is 0 Å². The highest BCUT2D eigenvalue weighted by molar-refractivity contribution is 9.09. The van der Waals surface area contributed by atoms with Crippen molar-refractivity contribution >= 4 is 27.5 Å². The molecule has 1 aromatic rings. The summed E-state index contributed by atoms with van der Waals surface area (Å²) in [6.07, 6.45) is -2.32. The lowest BCUT2D eigenvalue weighted by Crippen LogP contribution is -2.30. The van der Waals surface area contributed by atoms with Gasteiger partial charge in [-0.25, -0.2) is 8.78 Å². The van der Waals surface area contributed by atoms with Crippen LogP contribution in [-0.4, -0.2) is 29.7 Å². The zero-order chi connectivity index (χ0) is 12.8. The summed E-state index contributed by atoms with van der Waals surface area (Å²) in [5.41, 5.74) is 1.96. The molecule has 0 unspecified atom stereocenters. The van der Waals surface area contributed by atoms with Crippen molar-refractivity contribution in [1.29, 1.82) is 0 Å². The standard InChI is InChI=1S/C12H15BrClF2N/c1-9-2-3-10(11(14)6-9)7-17(5-4-13)8-12(15)16/h2-3,6,12H,4-5,7-8H2,1H3. The summed E-state index contributed by atoms with van der Waals surface area (Å²) in [5, 5.41) is 1.31. The van der Waals surface area contributed by atoms with Crippen LogP contribution < -0.4 is 0 Å². The SMILES string of the molecule is Cc1ccc(CN(CCBr)CC(F)F)c(Cl)c1. The number of alkyl halides is 3. The van der Waals surface area contributed by atoms with E-state index in [0.29, 0.717) is 23.4 Å². The molecule has 1 nitrogen and oxygen atoms in total. The zero-order valence-corrected chi connectivity index (χ0v) is 11.9. The Morgan fingerprint density at radius 2 is 2.12 bits per heavy atom. The van der Waals surface area contributed by atoms with Crippen LogP contribution in [0.2, 0.25) is 5.02 Å². The molecule has 0 aromatic heterocycles. The molecule has 0 bridgehead atoms. The Morgan fingerprint density at radius 3 is 2.65 bits per heavy atom. The Balaban J connectivity index is 2.71. The van der Waals surface area contributed by atoms with Gasteiger partial charge in [0.1, 0.15) is 0 Å². The van der Waals surface area contributed by atoms with Crippen molar-refractivity contribution in [2.45, 2.75) is 19.9 Å². The van der Waals surface area contributed by atoms with Gasteiger partial charge in [0.05, 0.1) is 6.54 Å². The molecule has 0 atom stereocenters. The number of rotatable bonds is 6. The monoisotopic (exact) mass is 325 g/mol. The van der Waals surface area contributed by atoms with Gasteiger partial charge in [-0.1, -0.05) is 39.7 Å². The van der Waals surface area contributed by atoms with Gasteiger partial charge in [0.15, 0.2) is 0 Å². The number of hydrogen-bond donors (Lipinski definition) is 0. The van der Waals surface area contributed by atoms with Crippen molar-refractivity contribution < 1.29 is 8.78 Å². The second-order valence-corrected chi connectivity index (χ2v) is 5.11. The van der Waals surface area contributed by atoms with Crippen LogP contribution in [0.15, 0.2) is 18.2 Å². The van der Waals surface area contributed by atoms with Gasteiger partial charge < -0.3 is 0 Å². The maximum atomic E-state index is 12.4. The third-order valence-electron chi connectivity index (χ3n) is 2.40. The Morgan fingerprint density at radius 1 is 1.41 bits per heavy atom. The minimum atomic E-state index is -2.32. The Hall–Kier alpha value is -0.190. The normalized spacial score (nSPS) is 11.5. The first-order valence-electron chi connectivity index (χ1n) is 5.34. The summed E-state index contributed by atoms with van der Waals surface area (Å²) in [4.78, 5) is 1.69. The van der Waals surface area contributed by atoms with Gasteiger partial charge in [-0.15, -0.1) is 0 Å². The highest BCUT2D eigenvalue weighted by Gasteiger charge is 2.13. The van der Waals surface area contributed by atoms with Gasteiger partial charge in [0.2, 0.25) is 0 Å². The lowest BCUT2D eigenvalue weighted by molar-refractivity contribution is 0.0881. The number of nitrogens with zero attached hydrogens (tertiary/aromatic N) is 1. The Kier molecular flexibility index (Phi) is 6.38. The molecule has 1 aromatic carbocycles. The Bertz CT molecular complexity index is 360. The van der Waals surface area contributed by atoms with Crippen molar-refractivity contribution in [2.24, 2.45) is 0 Å². The molecule has 1 rings (SSSR count). The number of aryl methyl sites for hydroxylation is 1. The molecule has 0 N–H and O–H groups in total. The molecule has 17 heavy (non-hydrogen) atoms. The van der Waals surface area contributed by atoms with E-state index >= 15 is 0 Å². The largest absolute Gasteiger partial charge is 0.293 e. The molecule has 0 aliphatic rings. The van der Waals surface area contributed by atoms with E-state index in [9.17, 15) is 8.78 Å². The molecular weight excluding hydrogens is 311 g/mol. The molecule has 0 aliphatic carbocycles. The lowest BCUT2D eigenvalue weighted by atomic mass is 10.1. The first-order valence-corrected chi connectivity index (χ1v) is 6.84. The number of hydrogen-bond acceptors (Lipinski definition) is 1. The van der Waals surface area contributed by atoms with Crippen molar-refractivity contribution in [3.63, 3.8) is 0 Å². The van der Waals surface area contributed by atoms with Crippen molar-refractivity contribution in [3.05, 3.63) is 34.3 Å². The van der Waals surface area contributed by atoms with Gasteiger partial charge in [-0.2, -0.15) is 0 Å². The fourth-order valence-electron chi connectivity index (χ4n) is 1.57. The van der Waals surface area contributed by atoms with Crippen molar-refractivity contribution in [2.75, 3.05) is 18.4 Å². The van der Waals surface area contributed by atoms with Crippen LogP contribution in [0.3, 0.4) is 0 Å². The molecule has 5 heteroatoms. The molecule has 96 valence electrons. The van der Waals surface area contributed by atoms with Crippen LogP contribution in [-0.2, 0) is 6.54 Å². The fourth-order valence-corrected chi connectivity index (χ4v) is 2.37. The first-order chi connectivity index (χ1) is 8.02. The van der Waals surface area contributed by atoms with Gasteiger partial charge in [-0.3, -0.25) is 4.90 Å². The summed E-state index contributed by atoms with van der Waals surface area (Å²) in [5.74, 6) is 0. The van der Waals surface area contributed by atoms with Gasteiger partial charge >= 0.3 is 0 Å². The van der Waals surface area contributed by atoms with E-state index in [2.05, 4.69) is 15.9 Å². The van der Waals surface area contributed by atoms with Crippen LogP contribution in [0.25, 0.3) is 0 Å². The summed E-state index contributed by atoms with van der Waals surface area (Å²) in [6.45, 7) is 2.75. The predicted octanol–water partition coefficient (Wildman–Crippen LogP) is 4.11. The quantitative estimate of drug-likeness (QED) is 0.711. The number of halogens is 4. The topological polar surface area (TPSA) is 3.24 Å². The summed E-state index contributed by atoms with van der Waals surface area (Å²) < 4.78 is 24.8. The third-order valence-corrected chi connectivity index (χ3v) is 3.11. The van der Waals surface area contributed by atoms with Crippen LogP contribution in [0, 0.1) is 6.92 Å². The summed E-state index contributed by atoms with van der Waals surface area (Å²) >= 11 is 9.35. The fraction of sp³-hybridized carbons (Fsp3) is 0.500. The molecule has 0 saturated heterocycles. The second-order valence-electron chi connectivity index (χ2n) is 3.91. The highest BCUT2D eigenvalue weighted by atomic mass is 79.9. The minimum Gasteiger partial charge on any atom is -0.293 e. The molecule has 0 amide bonds. The molecule has 0 saturated carbocycles. The Labute approximate surface area is 114 Å². The summed E-state index contributed by atoms with van der Waals surface area (Å²) in [7, 11) is 0. The maximum absolute atomic E-state index is 12.4. The molecule has 0 fully saturated rings. The molecule has 0 aliphatic heterocycles. The van der Waals surface area contributed by atoms with Crippen molar-refractivity contribution in [1.82, 2.24) is 4.90 Å². The average Bonchev–Trinajstić information content (AvgIpc) is 2.21. The smallest absolute Gasteiger partial charge is 0.251 e. The van der Waals surface area contributed by atoms with Gasteiger partial charge in [0.25, 0.3) is 6.43 Å². The van der Waals surface area contributed by atoms with Gasteiger partial charge in [0, 0.05) is 23.4 Å². The van der Waals surface area contributed by atoms with Crippen LogP contribution in [0.5, 0.6) is 0 Å². The minimum absolute atomic E-state index is 0.226. The van der Waals surface area contributed by atoms with E-state index in [1.807, 2.05) is 25.1 Å². The van der Waals surface area contributed by atoms with E-state index < -0.39 is 6.43 Å². The van der Waals surface area contributed by atoms with Crippen LogP contribution >= 0.6 is 27.5 Å². The zero-order valence-electron chi connectivity index (χ0n) is 9.60. The molecule has 0 radical (unpaired) electrons. The molecule has 0 heterocycles. The maximum Gasteiger partial charge on any atom is 0.251 e. The second kappa shape index (κ2) is 7.29. The van der Waals surface area contributed by atoms with E-state index in [-0.39, 0.29) is 6.54 Å². The van der Waals surface area contributed by atoms with Crippen LogP contribution in [0.4, 0.5) is 8.78 Å². The number of benzene rings is 1. The predicted molar refractivity (Wildman–Crippen MR) is 71.3 cm³/mol. The van der Waals surface area contributed by atoms with Crippen LogP contribution in [0.1, 0.15) is 11.1 Å². The summed E-state index contributed by atoms with van der Waals surface area (Å²) in [6, 6.07) is 5.69. The van der Waals surface area contributed by atoms with E-state index in [1.165, 1.54) is 0 Å². The van der Waals surface area contributed by atoms with E-state index in [0.717, 1.165) is 11.1 Å². The average molecular weight is 327 g/mol. The lowest BCUT2D eigenvalue weighted by Gasteiger charge is -2.21. The van der Waals surface area contributed by atoms with E-state index in [4.69, 9.17) is 11.6 Å². The molecule has 0 spiro atoms. The van der Waals surface area contributed by atoms with Gasteiger partial charge in [-0.05, 0) is 24.1 Å². The first kappa shape index (κ1) is 14.9.